The molecule has 1 heterocycles. The van der Waals surface area contributed by atoms with E-state index in [1.54, 1.807) is 6.07 Å². The number of ether oxygens (including phenoxy) is 2. The number of esters is 1. The van der Waals surface area contributed by atoms with Crippen LogP contribution in [-0.2, 0) is 22.1 Å². The standard InChI is InChI=1S/C26H28F3NO4/c1-15(2)23-24(34-25(30-23)18-6-9-20(10-7-18)26(27,28)29)17(4)14-33-21-11-8-19(16(3)12-21)13-22(31)32-5/h6-12,15,17H,13-14H2,1-5H3. The van der Waals surface area contributed by atoms with E-state index in [2.05, 4.69) is 4.98 Å². The summed E-state index contributed by atoms with van der Waals surface area (Å²) in [6, 6.07) is 10.3. The zero-order valence-corrected chi connectivity index (χ0v) is 19.8. The van der Waals surface area contributed by atoms with E-state index in [4.69, 9.17) is 13.9 Å². The van der Waals surface area contributed by atoms with E-state index in [1.165, 1.54) is 19.2 Å². The Hall–Kier alpha value is -3.29. The van der Waals surface area contributed by atoms with Gasteiger partial charge in [0.2, 0.25) is 5.89 Å². The van der Waals surface area contributed by atoms with Crippen LogP contribution in [0.5, 0.6) is 5.75 Å². The maximum atomic E-state index is 12.9. The number of aryl methyl sites for hydroxylation is 1. The molecule has 0 aliphatic carbocycles. The average Bonchev–Trinajstić information content (AvgIpc) is 3.24. The number of methoxy groups -OCH3 is 1. The molecular formula is C26H28F3NO4. The van der Waals surface area contributed by atoms with Crippen molar-refractivity contribution in [2.75, 3.05) is 13.7 Å². The zero-order valence-electron chi connectivity index (χ0n) is 19.8. The summed E-state index contributed by atoms with van der Waals surface area (Å²) in [4.78, 5) is 16.1. The lowest BCUT2D eigenvalue weighted by Gasteiger charge is -2.14. The number of oxazole rings is 1. The van der Waals surface area contributed by atoms with Crippen LogP contribution in [0.25, 0.3) is 11.5 Å². The number of nitrogens with zero attached hydrogens (tertiary/aromatic N) is 1. The number of aromatic nitrogens is 1. The van der Waals surface area contributed by atoms with Crippen LogP contribution >= 0.6 is 0 Å². The largest absolute Gasteiger partial charge is 0.493 e. The van der Waals surface area contributed by atoms with E-state index in [1.807, 2.05) is 39.8 Å². The number of carbonyl (C=O) groups excluding carboxylic acids is 1. The molecule has 182 valence electrons. The fraction of sp³-hybridized carbons (Fsp3) is 0.385. The Labute approximate surface area is 196 Å². The van der Waals surface area contributed by atoms with Crippen LogP contribution in [-0.4, -0.2) is 24.7 Å². The zero-order chi connectivity index (χ0) is 25.0. The molecule has 8 heteroatoms. The summed E-state index contributed by atoms with van der Waals surface area (Å²) in [5.74, 6) is 1.19. The molecule has 34 heavy (non-hydrogen) atoms. The Morgan fingerprint density at radius 2 is 1.76 bits per heavy atom. The van der Waals surface area contributed by atoms with Crippen LogP contribution in [0.4, 0.5) is 13.2 Å². The van der Waals surface area contributed by atoms with E-state index < -0.39 is 11.7 Å². The van der Waals surface area contributed by atoms with E-state index in [0.29, 0.717) is 23.7 Å². The Kier molecular flexibility index (Phi) is 7.69. The van der Waals surface area contributed by atoms with Crippen LogP contribution in [0.1, 0.15) is 60.8 Å². The molecule has 0 aliphatic rings. The van der Waals surface area contributed by atoms with Gasteiger partial charge < -0.3 is 13.9 Å². The van der Waals surface area contributed by atoms with Crippen LogP contribution < -0.4 is 4.74 Å². The first-order valence-corrected chi connectivity index (χ1v) is 11.0. The molecule has 1 atom stereocenters. The topological polar surface area (TPSA) is 61.6 Å². The van der Waals surface area contributed by atoms with Gasteiger partial charge >= 0.3 is 12.1 Å². The van der Waals surface area contributed by atoms with Gasteiger partial charge in [-0.05, 0) is 60.4 Å². The molecule has 0 saturated heterocycles. The number of hydrogen-bond donors (Lipinski definition) is 0. The minimum atomic E-state index is -4.40. The molecule has 0 amide bonds. The molecule has 0 fully saturated rings. The molecule has 5 nitrogen and oxygen atoms in total. The Bertz CT molecular complexity index is 1130. The normalized spacial score (nSPS) is 12.6. The van der Waals surface area contributed by atoms with Crippen molar-refractivity contribution >= 4 is 5.97 Å². The number of benzene rings is 2. The maximum Gasteiger partial charge on any atom is 0.416 e. The highest BCUT2D eigenvalue weighted by Crippen LogP contribution is 2.34. The summed E-state index contributed by atoms with van der Waals surface area (Å²) < 4.78 is 55.3. The molecule has 3 aromatic rings. The lowest BCUT2D eigenvalue weighted by atomic mass is 10.0. The fourth-order valence-electron chi connectivity index (χ4n) is 3.52. The van der Waals surface area contributed by atoms with Crippen molar-refractivity contribution in [1.82, 2.24) is 4.98 Å². The van der Waals surface area contributed by atoms with Gasteiger partial charge in [0.25, 0.3) is 0 Å². The fourth-order valence-corrected chi connectivity index (χ4v) is 3.52. The highest BCUT2D eigenvalue weighted by atomic mass is 19.4. The highest BCUT2D eigenvalue weighted by molar-refractivity contribution is 5.73. The summed E-state index contributed by atoms with van der Waals surface area (Å²) in [5.41, 5.74) is 2.29. The average molecular weight is 476 g/mol. The molecule has 0 spiro atoms. The van der Waals surface area contributed by atoms with E-state index in [9.17, 15) is 18.0 Å². The van der Waals surface area contributed by atoms with Gasteiger partial charge in [0, 0.05) is 5.56 Å². The number of rotatable bonds is 8. The summed E-state index contributed by atoms with van der Waals surface area (Å²) in [5, 5.41) is 0. The Morgan fingerprint density at radius 1 is 1.09 bits per heavy atom. The van der Waals surface area contributed by atoms with Crippen molar-refractivity contribution in [2.45, 2.75) is 52.1 Å². The lowest BCUT2D eigenvalue weighted by molar-refractivity contribution is -0.140. The first-order valence-electron chi connectivity index (χ1n) is 11.0. The van der Waals surface area contributed by atoms with Gasteiger partial charge in [-0.3, -0.25) is 4.79 Å². The molecule has 0 bridgehead atoms. The molecule has 0 aliphatic heterocycles. The van der Waals surface area contributed by atoms with Gasteiger partial charge in [0.1, 0.15) is 11.5 Å². The van der Waals surface area contributed by atoms with Crippen molar-refractivity contribution in [3.05, 3.63) is 70.6 Å². The minimum absolute atomic E-state index is 0.0595. The van der Waals surface area contributed by atoms with Gasteiger partial charge in [0.15, 0.2) is 0 Å². The molecule has 1 unspecified atom stereocenters. The van der Waals surface area contributed by atoms with Crippen LogP contribution in [0.15, 0.2) is 46.9 Å². The maximum absolute atomic E-state index is 12.9. The molecule has 0 N–H and O–H groups in total. The highest BCUT2D eigenvalue weighted by Gasteiger charge is 2.30. The van der Waals surface area contributed by atoms with Crippen LogP contribution in [0, 0.1) is 6.92 Å². The minimum Gasteiger partial charge on any atom is -0.493 e. The number of carbonyl (C=O) groups is 1. The number of halogens is 3. The lowest BCUT2D eigenvalue weighted by Crippen LogP contribution is -2.10. The van der Waals surface area contributed by atoms with Crippen molar-refractivity contribution in [3.63, 3.8) is 0 Å². The van der Waals surface area contributed by atoms with E-state index >= 15 is 0 Å². The van der Waals surface area contributed by atoms with Gasteiger partial charge in [-0.15, -0.1) is 0 Å². The van der Waals surface area contributed by atoms with Gasteiger partial charge in [-0.2, -0.15) is 13.2 Å². The smallest absolute Gasteiger partial charge is 0.416 e. The quantitative estimate of drug-likeness (QED) is 0.340. The van der Waals surface area contributed by atoms with Crippen molar-refractivity contribution < 1.29 is 31.9 Å². The summed E-state index contributed by atoms with van der Waals surface area (Å²) in [6.07, 6.45) is -4.20. The predicted molar refractivity (Wildman–Crippen MR) is 122 cm³/mol. The summed E-state index contributed by atoms with van der Waals surface area (Å²) in [6.45, 7) is 8.13. The first kappa shape index (κ1) is 25.3. The third-order valence-electron chi connectivity index (χ3n) is 5.51. The van der Waals surface area contributed by atoms with Crippen LogP contribution in [0.2, 0.25) is 0 Å². The third-order valence-corrected chi connectivity index (χ3v) is 5.51. The van der Waals surface area contributed by atoms with Gasteiger partial charge in [0.05, 0.1) is 37.3 Å². The summed E-state index contributed by atoms with van der Waals surface area (Å²) >= 11 is 0. The summed E-state index contributed by atoms with van der Waals surface area (Å²) in [7, 11) is 1.36. The van der Waals surface area contributed by atoms with Gasteiger partial charge in [-0.25, -0.2) is 4.98 Å². The molecular weight excluding hydrogens is 447 g/mol. The van der Waals surface area contributed by atoms with Crippen LogP contribution in [0.3, 0.4) is 0 Å². The second-order valence-electron chi connectivity index (χ2n) is 8.55. The molecule has 3 rings (SSSR count). The van der Waals surface area contributed by atoms with Crippen molar-refractivity contribution in [2.24, 2.45) is 0 Å². The molecule has 2 aromatic carbocycles. The Balaban J connectivity index is 1.76. The SMILES string of the molecule is COC(=O)Cc1ccc(OCC(C)c2oc(-c3ccc(C(F)(F)F)cc3)nc2C(C)C)cc1C. The predicted octanol–water partition coefficient (Wildman–Crippen LogP) is 6.69. The first-order chi connectivity index (χ1) is 16.0. The molecule has 1 aromatic heterocycles. The molecule has 0 radical (unpaired) electrons. The second-order valence-corrected chi connectivity index (χ2v) is 8.55. The van der Waals surface area contributed by atoms with Gasteiger partial charge in [-0.1, -0.05) is 26.8 Å². The van der Waals surface area contributed by atoms with Crippen molar-refractivity contribution in [3.8, 4) is 17.2 Å². The van der Waals surface area contributed by atoms with E-state index in [0.717, 1.165) is 29.0 Å². The van der Waals surface area contributed by atoms with E-state index in [-0.39, 0.29) is 30.1 Å². The number of alkyl halides is 3. The third kappa shape index (κ3) is 5.98. The Morgan fingerprint density at radius 3 is 2.32 bits per heavy atom. The monoisotopic (exact) mass is 475 g/mol. The molecule has 0 saturated carbocycles. The number of hydrogen-bond acceptors (Lipinski definition) is 5. The van der Waals surface area contributed by atoms with Crippen molar-refractivity contribution in [1.29, 1.82) is 0 Å². The second kappa shape index (κ2) is 10.3.